The molecule has 0 saturated heterocycles. The van der Waals surface area contributed by atoms with Gasteiger partial charge in [-0.1, -0.05) is 36.4 Å². The van der Waals surface area contributed by atoms with E-state index in [0.29, 0.717) is 34.1 Å². The highest BCUT2D eigenvalue weighted by Gasteiger charge is 2.21. The molecule has 1 N–H and O–H groups in total. The highest BCUT2D eigenvalue weighted by Crippen LogP contribution is 2.29. The second kappa shape index (κ2) is 10.9. The number of esters is 1. The Labute approximate surface area is 186 Å². The van der Waals surface area contributed by atoms with Crippen LogP contribution in [0.5, 0.6) is 17.2 Å². The fraction of sp³-hybridized carbons (Fsp3) is 0.200. The van der Waals surface area contributed by atoms with Gasteiger partial charge < -0.3 is 24.3 Å². The van der Waals surface area contributed by atoms with E-state index in [-0.39, 0.29) is 6.61 Å². The van der Waals surface area contributed by atoms with Crippen LogP contribution in [-0.2, 0) is 16.1 Å². The summed E-state index contributed by atoms with van der Waals surface area (Å²) < 4.78 is 21.6. The maximum absolute atomic E-state index is 12.7. The minimum Gasteiger partial charge on any atom is -0.493 e. The standard InChI is InChI=1S/C25H25NO6/c1-17(24(27)26-19-13-14-22(29-2)23(15-19)30-3)32-25(28)21-12-8-7-9-18(21)16-31-20-10-5-4-6-11-20/h4-15,17H,16H2,1-3H3,(H,26,27). The molecular weight excluding hydrogens is 410 g/mol. The van der Waals surface area contributed by atoms with Gasteiger partial charge in [-0.05, 0) is 37.3 Å². The largest absolute Gasteiger partial charge is 0.493 e. The molecule has 0 fully saturated rings. The van der Waals surface area contributed by atoms with E-state index in [9.17, 15) is 9.59 Å². The topological polar surface area (TPSA) is 83.1 Å². The Morgan fingerprint density at radius 2 is 1.56 bits per heavy atom. The molecule has 1 atom stereocenters. The van der Waals surface area contributed by atoms with Crippen LogP contribution in [0.2, 0.25) is 0 Å². The van der Waals surface area contributed by atoms with Gasteiger partial charge in [0.05, 0.1) is 19.8 Å². The van der Waals surface area contributed by atoms with Crippen molar-refractivity contribution >= 4 is 17.6 Å². The van der Waals surface area contributed by atoms with Gasteiger partial charge in [0.1, 0.15) is 12.4 Å². The monoisotopic (exact) mass is 435 g/mol. The second-order valence-electron chi connectivity index (χ2n) is 6.87. The van der Waals surface area contributed by atoms with Crippen LogP contribution in [0, 0.1) is 0 Å². The lowest BCUT2D eigenvalue weighted by atomic mass is 10.1. The molecule has 3 rings (SSSR count). The Kier molecular flexibility index (Phi) is 7.70. The Bertz CT molecular complexity index is 1070. The molecule has 32 heavy (non-hydrogen) atoms. The number of methoxy groups -OCH3 is 2. The van der Waals surface area contributed by atoms with Crippen molar-refractivity contribution in [3.05, 3.63) is 83.9 Å². The van der Waals surface area contributed by atoms with Crippen molar-refractivity contribution in [3.8, 4) is 17.2 Å². The van der Waals surface area contributed by atoms with Crippen molar-refractivity contribution in [1.29, 1.82) is 0 Å². The average Bonchev–Trinajstić information content (AvgIpc) is 2.83. The molecule has 7 nitrogen and oxygen atoms in total. The summed E-state index contributed by atoms with van der Waals surface area (Å²) in [6.45, 7) is 1.71. The molecule has 0 heterocycles. The summed E-state index contributed by atoms with van der Waals surface area (Å²) in [4.78, 5) is 25.3. The molecule has 0 radical (unpaired) electrons. The number of hydrogen-bond acceptors (Lipinski definition) is 6. The molecule has 0 aliphatic rings. The highest BCUT2D eigenvalue weighted by atomic mass is 16.5. The van der Waals surface area contributed by atoms with E-state index in [1.165, 1.54) is 21.1 Å². The summed E-state index contributed by atoms with van der Waals surface area (Å²) in [5.41, 5.74) is 1.50. The van der Waals surface area contributed by atoms with E-state index in [1.54, 1.807) is 36.4 Å². The van der Waals surface area contributed by atoms with E-state index >= 15 is 0 Å². The van der Waals surface area contributed by atoms with Crippen LogP contribution in [0.4, 0.5) is 5.69 Å². The average molecular weight is 435 g/mol. The van der Waals surface area contributed by atoms with Gasteiger partial charge in [0.2, 0.25) is 0 Å². The fourth-order valence-electron chi connectivity index (χ4n) is 2.96. The van der Waals surface area contributed by atoms with Crippen molar-refractivity contribution < 1.29 is 28.5 Å². The third-order valence-corrected chi connectivity index (χ3v) is 4.68. The number of rotatable bonds is 9. The smallest absolute Gasteiger partial charge is 0.339 e. The number of ether oxygens (including phenoxy) is 4. The zero-order valence-corrected chi connectivity index (χ0v) is 18.2. The molecule has 3 aromatic rings. The molecule has 0 bridgehead atoms. The van der Waals surface area contributed by atoms with Gasteiger partial charge in [-0.25, -0.2) is 4.79 Å². The lowest BCUT2D eigenvalue weighted by Crippen LogP contribution is -2.30. The lowest BCUT2D eigenvalue weighted by molar-refractivity contribution is -0.123. The van der Waals surface area contributed by atoms with E-state index in [1.807, 2.05) is 36.4 Å². The molecule has 0 aromatic heterocycles. The molecule has 3 aromatic carbocycles. The predicted octanol–water partition coefficient (Wildman–Crippen LogP) is 4.47. The van der Waals surface area contributed by atoms with Gasteiger partial charge >= 0.3 is 5.97 Å². The Morgan fingerprint density at radius 3 is 2.28 bits per heavy atom. The summed E-state index contributed by atoms with van der Waals surface area (Å²) in [5, 5.41) is 2.71. The molecule has 1 unspecified atom stereocenters. The van der Waals surface area contributed by atoms with Crippen LogP contribution >= 0.6 is 0 Å². The van der Waals surface area contributed by atoms with Crippen LogP contribution < -0.4 is 19.5 Å². The quantitative estimate of drug-likeness (QED) is 0.500. The maximum Gasteiger partial charge on any atom is 0.339 e. The van der Waals surface area contributed by atoms with Gasteiger partial charge in [-0.3, -0.25) is 4.79 Å². The lowest BCUT2D eigenvalue weighted by Gasteiger charge is -2.16. The number of benzene rings is 3. The molecule has 0 aliphatic heterocycles. The number of carbonyl (C=O) groups is 2. The third-order valence-electron chi connectivity index (χ3n) is 4.68. The summed E-state index contributed by atoms with van der Waals surface area (Å²) in [6, 6.07) is 21.3. The van der Waals surface area contributed by atoms with Crippen molar-refractivity contribution in [3.63, 3.8) is 0 Å². The molecular formula is C25H25NO6. The summed E-state index contributed by atoms with van der Waals surface area (Å²) in [5.74, 6) is 0.635. The number of nitrogens with one attached hydrogen (secondary N) is 1. The molecule has 1 amide bonds. The normalized spacial score (nSPS) is 11.2. The minimum atomic E-state index is -1.02. The van der Waals surface area contributed by atoms with E-state index in [2.05, 4.69) is 5.32 Å². The molecule has 0 saturated carbocycles. The summed E-state index contributed by atoms with van der Waals surface area (Å²) in [6.07, 6.45) is -1.02. The first-order valence-electron chi connectivity index (χ1n) is 10.0. The number of carbonyl (C=O) groups excluding carboxylic acids is 2. The predicted molar refractivity (Wildman–Crippen MR) is 120 cm³/mol. The first-order chi connectivity index (χ1) is 15.5. The Morgan fingerprint density at radius 1 is 0.875 bits per heavy atom. The Hall–Kier alpha value is -4.00. The van der Waals surface area contributed by atoms with Gasteiger partial charge in [0.25, 0.3) is 5.91 Å². The third kappa shape index (κ3) is 5.78. The zero-order valence-electron chi connectivity index (χ0n) is 18.2. The van der Waals surface area contributed by atoms with E-state index < -0.39 is 18.0 Å². The number of para-hydroxylation sites is 1. The van der Waals surface area contributed by atoms with Crippen molar-refractivity contribution in [2.75, 3.05) is 19.5 Å². The van der Waals surface area contributed by atoms with Gasteiger partial charge in [-0.2, -0.15) is 0 Å². The number of hydrogen-bond donors (Lipinski definition) is 1. The van der Waals surface area contributed by atoms with E-state index in [4.69, 9.17) is 18.9 Å². The Balaban J connectivity index is 1.63. The first kappa shape index (κ1) is 22.7. The van der Waals surface area contributed by atoms with Crippen LogP contribution in [-0.4, -0.2) is 32.2 Å². The molecule has 7 heteroatoms. The van der Waals surface area contributed by atoms with Crippen molar-refractivity contribution in [1.82, 2.24) is 0 Å². The first-order valence-corrected chi connectivity index (χ1v) is 10.0. The van der Waals surface area contributed by atoms with Gasteiger partial charge in [-0.15, -0.1) is 0 Å². The van der Waals surface area contributed by atoms with Crippen LogP contribution in [0.3, 0.4) is 0 Å². The van der Waals surface area contributed by atoms with Crippen molar-refractivity contribution in [2.24, 2.45) is 0 Å². The zero-order chi connectivity index (χ0) is 22.9. The van der Waals surface area contributed by atoms with Gasteiger partial charge in [0.15, 0.2) is 17.6 Å². The fourth-order valence-corrected chi connectivity index (χ4v) is 2.96. The number of anilines is 1. The maximum atomic E-state index is 12.7. The molecule has 0 spiro atoms. The number of amides is 1. The highest BCUT2D eigenvalue weighted by molar-refractivity contribution is 5.98. The summed E-state index contributed by atoms with van der Waals surface area (Å²) in [7, 11) is 3.03. The van der Waals surface area contributed by atoms with Crippen LogP contribution in [0.25, 0.3) is 0 Å². The molecule has 166 valence electrons. The van der Waals surface area contributed by atoms with Crippen molar-refractivity contribution in [2.45, 2.75) is 19.6 Å². The molecule has 0 aliphatic carbocycles. The SMILES string of the molecule is COc1ccc(NC(=O)C(C)OC(=O)c2ccccc2COc2ccccc2)cc1OC. The van der Waals surface area contributed by atoms with Crippen LogP contribution in [0.1, 0.15) is 22.8 Å². The van der Waals surface area contributed by atoms with Gasteiger partial charge in [0, 0.05) is 17.3 Å². The summed E-state index contributed by atoms with van der Waals surface area (Å²) >= 11 is 0. The second-order valence-corrected chi connectivity index (χ2v) is 6.87. The minimum absolute atomic E-state index is 0.196. The van der Waals surface area contributed by atoms with Crippen LogP contribution in [0.15, 0.2) is 72.8 Å². The van der Waals surface area contributed by atoms with E-state index in [0.717, 1.165) is 0 Å².